The topological polar surface area (TPSA) is 109 Å². The van der Waals surface area contributed by atoms with Gasteiger partial charge in [-0.25, -0.2) is 0 Å². The number of carbonyl (C=O) groups excluding carboxylic acids is 2. The predicted molar refractivity (Wildman–Crippen MR) is 161 cm³/mol. The van der Waals surface area contributed by atoms with Gasteiger partial charge in [0.1, 0.15) is 6.10 Å². The van der Waals surface area contributed by atoms with Crippen LogP contribution in [0.1, 0.15) is 98.8 Å². The largest absolute Gasteiger partial charge is 0.465 e. The van der Waals surface area contributed by atoms with Gasteiger partial charge in [-0.15, -0.1) is 0 Å². The molecule has 1 aromatic rings. The van der Waals surface area contributed by atoms with Crippen molar-refractivity contribution in [1.29, 1.82) is 0 Å². The Balaban J connectivity index is 1.68. The molecule has 42 heavy (non-hydrogen) atoms. The maximum Gasteiger partial charge on any atom is 0.311 e. The molecule has 4 rings (SSSR count). The van der Waals surface area contributed by atoms with Gasteiger partial charge in [0.2, 0.25) is 0 Å². The van der Waals surface area contributed by atoms with Gasteiger partial charge in [0.05, 0.1) is 30.3 Å². The highest BCUT2D eigenvalue weighted by atomic mass is 32.2. The van der Waals surface area contributed by atoms with Crippen molar-refractivity contribution in [2.75, 3.05) is 19.5 Å². The Hall–Kier alpha value is -2.00. The molecule has 236 valence electrons. The molecule has 0 bridgehead atoms. The van der Waals surface area contributed by atoms with E-state index in [4.69, 9.17) is 18.6 Å². The number of nitrogens with zero attached hydrogens (tertiary/aromatic N) is 1. The minimum absolute atomic E-state index is 0.0350. The number of ether oxygens (including phenoxy) is 2. The van der Waals surface area contributed by atoms with Crippen molar-refractivity contribution in [1.82, 2.24) is 4.98 Å². The van der Waals surface area contributed by atoms with Gasteiger partial charge in [-0.05, 0) is 115 Å². The molecule has 1 aromatic heterocycles. The van der Waals surface area contributed by atoms with Crippen LogP contribution in [0.4, 0.5) is 0 Å². The number of pyridine rings is 1. The van der Waals surface area contributed by atoms with Gasteiger partial charge in [-0.2, -0.15) is 8.42 Å². The number of rotatable bonds is 7. The fourth-order valence-corrected chi connectivity index (χ4v) is 8.25. The molecule has 0 saturated heterocycles. The van der Waals surface area contributed by atoms with Crippen LogP contribution in [-0.2, 0) is 45.2 Å². The second kappa shape index (κ2) is 11.5. The van der Waals surface area contributed by atoms with E-state index < -0.39 is 20.9 Å². The summed E-state index contributed by atoms with van der Waals surface area (Å²) < 4.78 is 42.0. The van der Waals surface area contributed by atoms with Crippen LogP contribution in [0.5, 0.6) is 0 Å². The molecular formula is C33H51NO7S. The van der Waals surface area contributed by atoms with Crippen LogP contribution in [0.15, 0.2) is 18.3 Å². The number of hydrogen-bond donors (Lipinski definition) is 0. The molecule has 1 heterocycles. The van der Waals surface area contributed by atoms with Crippen LogP contribution in [0.2, 0.25) is 0 Å². The molecule has 8 nitrogen and oxygen atoms in total. The molecule has 7 atom stereocenters. The quantitative estimate of drug-likeness (QED) is 0.281. The summed E-state index contributed by atoms with van der Waals surface area (Å²) >= 11 is 0. The summed E-state index contributed by atoms with van der Waals surface area (Å²) in [6.07, 6.45) is 7.44. The fourth-order valence-electron chi connectivity index (χ4n) is 7.84. The summed E-state index contributed by atoms with van der Waals surface area (Å²) in [5, 5.41) is 0. The Kier molecular flexibility index (Phi) is 9.00. The Bertz CT molecular complexity index is 1280. The molecule has 0 spiro atoms. The van der Waals surface area contributed by atoms with E-state index in [1.807, 2.05) is 53.8 Å². The molecule has 2 saturated carbocycles. The Morgan fingerprint density at radius 1 is 0.976 bits per heavy atom. The van der Waals surface area contributed by atoms with Gasteiger partial charge in [-0.3, -0.25) is 18.8 Å². The standard InChI is InChI=1S/C33H51NO7S/c1-30(2,3)28(35)39-19-22-18-23(41-29(36)31(4,5)6)12-14-32(22,7)25-13-15-33(8)26(24(25)20-40-42(9,37)38)17-21-11-10-16-34-27(21)33/h10-11,16,22-26H,12-15,17-20H2,1-9H3/t22-,23+,24-,25+,26+,32+,33+/m1/s1. The van der Waals surface area contributed by atoms with Gasteiger partial charge < -0.3 is 9.47 Å². The SMILES string of the molecule is CC(C)(C)C(=O)OC[C@H]1C[C@@H](OC(=O)C(C)(C)C)CC[C@]1(C)[C@H]1CC[C@]2(C)c3ncccc3C[C@H]2[C@@H]1COS(C)(=O)=O. The van der Waals surface area contributed by atoms with E-state index in [1.165, 1.54) is 5.56 Å². The van der Waals surface area contributed by atoms with Gasteiger partial charge in [0, 0.05) is 23.2 Å². The van der Waals surface area contributed by atoms with Crippen LogP contribution >= 0.6 is 0 Å². The third-order valence-electron chi connectivity index (χ3n) is 10.4. The van der Waals surface area contributed by atoms with Crippen LogP contribution in [0.3, 0.4) is 0 Å². The smallest absolute Gasteiger partial charge is 0.311 e. The summed E-state index contributed by atoms with van der Waals surface area (Å²) in [6.45, 7) is 16.0. The van der Waals surface area contributed by atoms with E-state index in [9.17, 15) is 18.0 Å². The first-order chi connectivity index (χ1) is 19.3. The Morgan fingerprint density at radius 3 is 2.26 bits per heavy atom. The highest BCUT2D eigenvalue weighted by Crippen LogP contribution is 2.61. The molecule has 0 N–H and O–H groups in total. The van der Waals surface area contributed by atoms with E-state index >= 15 is 0 Å². The first-order valence-electron chi connectivity index (χ1n) is 15.4. The van der Waals surface area contributed by atoms with E-state index in [2.05, 4.69) is 19.9 Å². The number of carbonyl (C=O) groups is 2. The molecule has 0 aromatic carbocycles. The number of hydrogen-bond acceptors (Lipinski definition) is 8. The third-order valence-corrected chi connectivity index (χ3v) is 11.0. The zero-order chi connectivity index (χ0) is 31.3. The van der Waals surface area contributed by atoms with Crippen LogP contribution in [-0.4, -0.2) is 50.9 Å². The molecular weight excluding hydrogens is 554 g/mol. The van der Waals surface area contributed by atoms with Gasteiger partial charge in [0.15, 0.2) is 0 Å². The first kappa shape index (κ1) is 32.9. The Morgan fingerprint density at radius 2 is 1.64 bits per heavy atom. The Labute approximate surface area is 252 Å². The average molecular weight is 606 g/mol. The average Bonchev–Trinajstić information content (AvgIpc) is 3.18. The number of esters is 2. The fraction of sp³-hybridized carbons (Fsp3) is 0.788. The normalized spacial score (nSPS) is 33.4. The molecule has 3 aliphatic carbocycles. The zero-order valence-corrected chi connectivity index (χ0v) is 27.8. The van der Waals surface area contributed by atoms with Gasteiger partial charge in [0.25, 0.3) is 10.1 Å². The van der Waals surface area contributed by atoms with Crippen molar-refractivity contribution in [3.05, 3.63) is 29.6 Å². The highest BCUT2D eigenvalue weighted by Gasteiger charge is 2.58. The summed E-state index contributed by atoms with van der Waals surface area (Å²) in [6, 6.07) is 4.11. The summed E-state index contributed by atoms with van der Waals surface area (Å²) in [7, 11) is -3.64. The third kappa shape index (κ3) is 6.72. The first-order valence-corrected chi connectivity index (χ1v) is 17.2. The second-order valence-electron chi connectivity index (χ2n) is 15.6. The van der Waals surface area contributed by atoms with Crippen LogP contribution in [0, 0.1) is 39.9 Å². The number of aromatic nitrogens is 1. The number of fused-ring (bicyclic) bond motifs is 3. The molecule has 2 fully saturated rings. The van der Waals surface area contributed by atoms with Crippen molar-refractivity contribution >= 4 is 22.1 Å². The van der Waals surface area contributed by atoms with Crippen LogP contribution < -0.4 is 0 Å². The highest BCUT2D eigenvalue weighted by molar-refractivity contribution is 7.85. The maximum absolute atomic E-state index is 12.9. The minimum atomic E-state index is -3.64. The molecule has 0 unspecified atom stereocenters. The molecule has 3 aliphatic rings. The van der Waals surface area contributed by atoms with Crippen LogP contribution in [0.25, 0.3) is 0 Å². The maximum atomic E-state index is 12.9. The van der Waals surface area contributed by atoms with Crippen molar-refractivity contribution in [3.63, 3.8) is 0 Å². The summed E-state index contributed by atoms with van der Waals surface area (Å²) in [5.74, 6) is -0.285. The molecule has 0 amide bonds. The minimum Gasteiger partial charge on any atom is -0.465 e. The molecule has 0 radical (unpaired) electrons. The monoisotopic (exact) mass is 605 g/mol. The lowest BCUT2D eigenvalue weighted by Crippen LogP contribution is -2.54. The lowest BCUT2D eigenvalue weighted by Gasteiger charge is -2.56. The van der Waals surface area contributed by atoms with Crippen molar-refractivity contribution in [2.24, 2.45) is 39.9 Å². The van der Waals surface area contributed by atoms with E-state index in [0.717, 1.165) is 37.6 Å². The second-order valence-corrected chi connectivity index (χ2v) is 17.3. The van der Waals surface area contributed by atoms with Crippen molar-refractivity contribution < 1.29 is 31.7 Å². The zero-order valence-electron chi connectivity index (χ0n) is 27.0. The summed E-state index contributed by atoms with van der Waals surface area (Å²) in [5.41, 5.74) is 0.665. The van der Waals surface area contributed by atoms with Crippen molar-refractivity contribution in [3.8, 4) is 0 Å². The lowest BCUT2D eigenvalue weighted by molar-refractivity contribution is -0.172. The van der Waals surface area contributed by atoms with E-state index in [-0.39, 0.29) is 65.8 Å². The van der Waals surface area contributed by atoms with E-state index in [1.54, 1.807) is 0 Å². The van der Waals surface area contributed by atoms with E-state index in [0.29, 0.717) is 12.8 Å². The summed E-state index contributed by atoms with van der Waals surface area (Å²) in [4.78, 5) is 30.5. The van der Waals surface area contributed by atoms with Crippen molar-refractivity contribution in [2.45, 2.75) is 105 Å². The van der Waals surface area contributed by atoms with Gasteiger partial charge in [-0.1, -0.05) is 19.9 Å². The lowest BCUT2D eigenvalue weighted by atomic mass is 9.49. The van der Waals surface area contributed by atoms with Gasteiger partial charge >= 0.3 is 11.9 Å². The molecule has 0 aliphatic heterocycles. The molecule has 9 heteroatoms. The predicted octanol–water partition coefficient (Wildman–Crippen LogP) is 5.87.